The minimum atomic E-state index is -0.686. The van der Waals surface area contributed by atoms with Crippen molar-refractivity contribution in [1.82, 2.24) is 0 Å². The summed E-state index contributed by atoms with van der Waals surface area (Å²) < 4.78 is 11.7. The summed E-state index contributed by atoms with van der Waals surface area (Å²) >= 11 is 5.96. The molecule has 0 bridgehead atoms. The normalized spacial score (nSPS) is 11.5. The third kappa shape index (κ3) is 5.02. The average Bonchev–Trinajstić information content (AvgIpc) is 2.66. The number of hydrogen-bond acceptors (Lipinski definition) is 3. The Morgan fingerprint density at radius 1 is 0.963 bits per heavy atom. The van der Waals surface area contributed by atoms with E-state index < -0.39 is 6.10 Å². The Kier molecular flexibility index (Phi) is 5.99. The Hall–Kier alpha value is -2.98. The van der Waals surface area contributed by atoms with Crippen LogP contribution in [0, 0.1) is 6.92 Å². The summed E-state index contributed by atoms with van der Waals surface area (Å²) in [4.78, 5) is 12.6. The largest absolute Gasteiger partial charge is 0.481 e. The molecule has 0 aliphatic heterocycles. The van der Waals surface area contributed by atoms with Gasteiger partial charge >= 0.3 is 0 Å². The van der Waals surface area contributed by atoms with E-state index in [1.807, 2.05) is 49.4 Å². The van der Waals surface area contributed by atoms with Crippen LogP contribution in [-0.2, 0) is 4.79 Å². The molecule has 27 heavy (non-hydrogen) atoms. The van der Waals surface area contributed by atoms with E-state index in [0.29, 0.717) is 28.0 Å². The predicted octanol–water partition coefficient (Wildman–Crippen LogP) is 5.85. The molecule has 0 heterocycles. The zero-order valence-corrected chi connectivity index (χ0v) is 15.9. The van der Waals surface area contributed by atoms with E-state index >= 15 is 0 Å². The molecule has 1 amide bonds. The molecular weight excluding hydrogens is 362 g/mol. The number of rotatable bonds is 6. The smallest absolute Gasteiger partial charge is 0.265 e. The summed E-state index contributed by atoms with van der Waals surface area (Å²) in [7, 11) is 0. The Morgan fingerprint density at radius 2 is 1.67 bits per heavy atom. The van der Waals surface area contributed by atoms with Gasteiger partial charge < -0.3 is 14.8 Å². The van der Waals surface area contributed by atoms with Gasteiger partial charge in [-0.2, -0.15) is 0 Å². The minimum Gasteiger partial charge on any atom is -0.481 e. The molecule has 4 nitrogen and oxygen atoms in total. The van der Waals surface area contributed by atoms with Crippen LogP contribution >= 0.6 is 11.6 Å². The number of nitrogens with one attached hydrogen (secondary N) is 1. The van der Waals surface area contributed by atoms with Gasteiger partial charge in [-0.25, -0.2) is 0 Å². The van der Waals surface area contributed by atoms with Crippen molar-refractivity contribution in [3.8, 4) is 17.2 Å². The molecule has 1 atom stereocenters. The number of benzene rings is 3. The number of hydrogen-bond donors (Lipinski definition) is 1. The fourth-order valence-electron chi connectivity index (χ4n) is 2.50. The SMILES string of the molecule is Cc1cc(Cl)ccc1OC(C)C(=O)Nc1ccccc1Oc1ccccc1. The zero-order chi connectivity index (χ0) is 19.2. The summed E-state index contributed by atoms with van der Waals surface area (Å²) in [6.07, 6.45) is -0.686. The van der Waals surface area contributed by atoms with Crippen molar-refractivity contribution >= 4 is 23.2 Å². The molecule has 0 spiro atoms. The van der Waals surface area contributed by atoms with Crippen LogP contribution in [0.25, 0.3) is 0 Å². The van der Waals surface area contributed by atoms with Crippen molar-refractivity contribution < 1.29 is 14.3 Å². The lowest BCUT2D eigenvalue weighted by Crippen LogP contribution is -2.30. The van der Waals surface area contributed by atoms with Gasteiger partial charge in [-0.1, -0.05) is 41.9 Å². The van der Waals surface area contributed by atoms with E-state index in [2.05, 4.69) is 5.32 Å². The molecule has 0 radical (unpaired) electrons. The molecule has 0 aliphatic carbocycles. The summed E-state index contributed by atoms with van der Waals surface area (Å²) in [5.41, 5.74) is 1.45. The van der Waals surface area contributed by atoms with Gasteiger partial charge in [-0.15, -0.1) is 0 Å². The first kappa shape index (κ1) is 18.8. The second kappa shape index (κ2) is 8.60. The standard InChI is InChI=1S/C22H20ClNO3/c1-15-14-17(23)12-13-20(15)26-16(2)22(25)24-19-10-6-7-11-21(19)27-18-8-4-3-5-9-18/h3-14,16H,1-2H3,(H,24,25). The van der Waals surface area contributed by atoms with Gasteiger partial charge in [0.05, 0.1) is 5.69 Å². The number of carbonyl (C=O) groups is 1. The fourth-order valence-corrected chi connectivity index (χ4v) is 2.72. The highest BCUT2D eigenvalue weighted by Gasteiger charge is 2.17. The lowest BCUT2D eigenvalue weighted by Gasteiger charge is -2.18. The Morgan fingerprint density at radius 3 is 2.41 bits per heavy atom. The molecule has 0 aliphatic rings. The predicted molar refractivity (Wildman–Crippen MR) is 108 cm³/mol. The van der Waals surface area contributed by atoms with Crippen LogP contribution in [0.3, 0.4) is 0 Å². The summed E-state index contributed by atoms with van der Waals surface area (Å²) in [6, 6.07) is 22.0. The first-order valence-corrected chi connectivity index (χ1v) is 8.96. The van der Waals surface area contributed by atoms with Gasteiger partial charge in [0.25, 0.3) is 5.91 Å². The highest BCUT2D eigenvalue weighted by Crippen LogP contribution is 2.29. The number of halogens is 1. The summed E-state index contributed by atoms with van der Waals surface area (Å²) in [5.74, 6) is 1.61. The van der Waals surface area contributed by atoms with Crippen LogP contribution in [-0.4, -0.2) is 12.0 Å². The van der Waals surface area contributed by atoms with Gasteiger partial charge in [0.15, 0.2) is 11.9 Å². The number of anilines is 1. The average molecular weight is 382 g/mol. The van der Waals surface area contributed by atoms with Gasteiger partial charge in [0.1, 0.15) is 11.5 Å². The highest BCUT2D eigenvalue weighted by atomic mass is 35.5. The third-order valence-electron chi connectivity index (χ3n) is 3.93. The van der Waals surface area contributed by atoms with E-state index in [1.54, 1.807) is 37.3 Å². The van der Waals surface area contributed by atoms with Crippen LogP contribution in [0.2, 0.25) is 5.02 Å². The maximum Gasteiger partial charge on any atom is 0.265 e. The molecule has 3 aromatic rings. The van der Waals surface area contributed by atoms with Crippen molar-refractivity contribution in [1.29, 1.82) is 0 Å². The van der Waals surface area contributed by atoms with Gasteiger partial charge in [-0.3, -0.25) is 4.79 Å². The lowest BCUT2D eigenvalue weighted by atomic mass is 10.2. The molecule has 138 valence electrons. The molecule has 1 unspecified atom stereocenters. The van der Waals surface area contributed by atoms with Gasteiger partial charge in [-0.05, 0) is 61.9 Å². The number of aryl methyl sites for hydroxylation is 1. The number of amides is 1. The number of para-hydroxylation sites is 3. The van der Waals surface area contributed by atoms with Crippen molar-refractivity contribution in [2.75, 3.05) is 5.32 Å². The van der Waals surface area contributed by atoms with E-state index in [4.69, 9.17) is 21.1 Å². The first-order valence-electron chi connectivity index (χ1n) is 8.58. The molecule has 0 aromatic heterocycles. The van der Waals surface area contributed by atoms with Crippen LogP contribution < -0.4 is 14.8 Å². The third-order valence-corrected chi connectivity index (χ3v) is 4.16. The topological polar surface area (TPSA) is 47.6 Å². The van der Waals surface area contributed by atoms with Gasteiger partial charge in [0.2, 0.25) is 0 Å². The quantitative estimate of drug-likeness (QED) is 0.582. The van der Waals surface area contributed by atoms with Crippen LogP contribution in [0.15, 0.2) is 72.8 Å². The monoisotopic (exact) mass is 381 g/mol. The van der Waals surface area contributed by atoms with E-state index in [0.717, 1.165) is 5.56 Å². The zero-order valence-electron chi connectivity index (χ0n) is 15.1. The van der Waals surface area contributed by atoms with Crippen molar-refractivity contribution in [2.24, 2.45) is 0 Å². The van der Waals surface area contributed by atoms with Crippen LogP contribution in [0.4, 0.5) is 5.69 Å². The molecule has 1 N–H and O–H groups in total. The molecule has 5 heteroatoms. The van der Waals surface area contributed by atoms with E-state index in [9.17, 15) is 4.79 Å². The van der Waals surface area contributed by atoms with Crippen LogP contribution in [0.1, 0.15) is 12.5 Å². The number of carbonyl (C=O) groups excluding carboxylic acids is 1. The maximum absolute atomic E-state index is 12.6. The van der Waals surface area contributed by atoms with Crippen molar-refractivity contribution in [3.63, 3.8) is 0 Å². The number of ether oxygens (including phenoxy) is 2. The van der Waals surface area contributed by atoms with Crippen LogP contribution in [0.5, 0.6) is 17.2 Å². The lowest BCUT2D eigenvalue weighted by molar-refractivity contribution is -0.122. The highest BCUT2D eigenvalue weighted by molar-refractivity contribution is 6.30. The molecular formula is C22H20ClNO3. The summed E-state index contributed by atoms with van der Waals surface area (Å²) in [5, 5.41) is 3.50. The Balaban J connectivity index is 1.70. The fraction of sp³-hybridized carbons (Fsp3) is 0.136. The molecule has 0 saturated heterocycles. The first-order chi connectivity index (χ1) is 13.0. The van der Waals surface area contributed by atoms with E-state index in [1.165, 1.54) is 0 Å². The Labute approximate surface area is 163 Å². The molecule has 3 rings (SSSR count). The molecule has 0 fully saturated rings. The molecule has 3 aromatic carbocycles. The second-order valence-corrected chi connectivity index (χ2v) is 6.51. The van der Waals surface area contributed by atoms with Crippen molar-refractivity contribution in [2.45, 2.75) is 20.0 Å². The van der Waals surface area contributed by atoms with Crippen molar-refractivity contribution in [3.05, 3.63) is 83.4 Å². The maximum atomic E-state index is 12.6. The second-order valence-electron chi connectivity index (χ2n) is 6.07. The minimum absolute atomic E-state index is 0.270. The van der Waals surface area contributed by atoms with E-state index in [-0.39, 0.29) is 5.91 Å². The Bertz CT molecular complexity index is 928. The summed E-state index contributed by atoms with van der Waals surface area (Å²) in [6.45, 7) is 3.58. The molecule has 0 saturated carbocycles. The van der Waals surface area contributed by atoms with Gasteiger partial charge in [0, 0.05) is 5.02 Å².